The molecule has 96 valence electrons. The average Bonchev–Trinajstić information content (AvgIpc) is 2.26. The molecule has 1 rings (SSSR count). The summed E-state index contributed by atoms with van der Waals surface area (Å²) in [6, 6.07) is 1.22. The zero-order chi connectivity index (χ0) is 12.9. The minimum atomic E-state index is -4.41. The molecule has 0 radical (unpaired) electrons. The van der Waals surface area contributed by atoms with Crippen molar-refractivity contribution in [3.05, 3.63) is 17.8 Å². The van der Waals surface area contributed by atoms with E-state index in [1.165, 1.54) is 12.3 Å². The summed E-state index contributed by atoms with van der Waals surface area (Å²) in [6.07, 6.45) is -3.19. The Kier molecular flexibility index (Phi) is 4.56. The molecule has 0 aliphatic carbocycles. The standard InChI is InChI=1S/C10H12F3NO3/c1-2-16-8-3-9(14-4-7(8)5-15)17-6-10(11,12)13/h3-4,15H,2,5-6H2,1H3. The number of hydrogen-bond donors (Lipinski definition) is 1. The van der Waals surface area contributed by atoms with Crippen molar-refractivity contribution < 1.29 is 27.8 Å². The summed E-state index contributed by atoms with van der Waals surface area (Å²) in [5.41, 5.74) is 0.395. The molecule has 0 amide bonds. The van der Waals surface area contributed by atoms with Gasteiger partial charge in [-0.3, -0.25) is 0 Å². The van der Waals surface area contributed by atoms with Gasteiger partial charge in [0, 0.05) is 17.8 Å². The van der Waals surface area contributed by atoms with E-state index in [0.29, 0.717) is 12.2 Å². The molecule has 0 spiro atoms. The van der Waals surface area contributed by atoms with E-state index in [-0.39, 0.29) is 18.2 Å². The van der Waals surface area contributed by atoms with E-state index in [2.05, 4.69) is 9.72 Å². The summed E-state index contributed by atoms with van der Waals surface area (Å²) >= 11 is 0. The number of pyridine rings is 1. The number of alkyl halides is 3. The summed E-state index contributed by atoms with van der Waals surface area (Å²) in [5.74, 6) is 0.0742. The quantitative estimate of drug-likeness (QED) is 0.868. The van der Waals surface area contributed by atoms with Gasteiger partial charge in [0.2, 0.25) is 5.88 Å². The van der Waals surface area contributed by atoms with Crippen molar-refractivity contribution in [1.82, 2.24) is 4.98 Å². The van der Waals surface area contributed by atoms with Crippen LogP contribution >= 0.6 is 0 Å². The molecular weight excluding hydrogens is 239 g/mol. The minimum Gasteiger partial charge on any atom is -0.493 e. The number of aliphatic hydroxyl groups excluding tert-OH is 1. The molecule has 0 fully saturated rings. The molecule has 7 heteroatoms. The Bertz CT molecular complexity index is 368. The van der Waals surface area contributed by atoms with E-state index < -0.39 is 12.8 Å². The molecule has 1 aromatic heterocycles. The average molecular weight is 251 g/mol. The van der Waals surface area contributed by atoms with Gasteiger partial charge >= 0.3 is 6.18 Å². The van der Waals surface area contributed by atoms with E-state index in [1.54, 1.807) is 6.92 Å². The lowest BCUT2D eigenvalue weighted by Gasteiger charge is -2.11. The second-order valence-corrected chi connectivity index (χ2v) is 3.13. The number of aromatic nitrogens is 1. The van der Waals surface area contributed by atoms with Gasteiger partial charge < -0.3 is 14.6 Å². The summed E-state index contributed by atoms with van der Waals surface area (Å²) in [5, 5.41) is 8.95. The fourth-order valence-electron chi connectivity index (χ4n) is 1.09. The molecular formula is C10H12F3NO3. The molecule has 0 saturated carbocycles. The van der Waals surface area contributed by atoms with Gasteiger partial charge in [-0.2, -0.15) is 13.2 Å². The highest BCUT2D eigenvalue weighted by molar-refractivity contribution is 5.35. The molecule has 0 saturated heterocycles. The SMILES string of the molecule is CCOc1cc(OCC(F)(F)F)ncc1CO. The van der Waals surface area contributed by atoms with Crippen LogP contribution in [0.1, 0.15) is 12.5 Å². The van der Waals surface area contributed by atoms with Crippen LogP contribution in [0.2, 0.25) is 0 Å². The van der Waals surface area contributed by atoms with Gasteiger partial charge in [0.1, 0.15) is 5.75 Å². The Labute approximate surface area is 96.0 Å². The molecule has 0 unspecified atom stereocenters. The molecule has 17 heavy (non-hydrogen) atoms. The van der Waals surface area contributed by atoms with Gasteiger partial charge in [-0.15, -0.1) is 0 Å². The largest absolute Gasteiger partial charge is 0.493 e. The van der Waals surface area contributed by atoms with E-state index in [9.17, 15) is 13.2 Å². The second kappa shape index (κ2) is 5.72. The third kappa shape index (κ3) is 4.48. The van der Waals surface area contributed by atoms with Gasteiger partial charge in [-0.05, 0) is 6.92 Å². The summed E-state index contributed by atoms with van der Waals surface area (Å²) in [4.78, 5) is 3.63. The summed E-state index contributed by atoms with van der Waals surface area (Å²) in [6.45, 7) is 0.333. The maximum atomic E-state index is 11.9. The van der Waals surface area contributed by atoms with Crippen LogP contribution in [-0.2, 0) is 6.61 Å². The Morgan fingerprint density at radius 2 is 2.06 bits per heavy atom. The third-order valence-electron chi connectivity index (χ3n) is 1.77. The highest BCUT2D eigenvalue weighted by Crippen LogP contribution is 2.24. The lowest BCUT2D eigenvalue weighted by molar-refractivity contribution is -0.154. The highest BCUT2D eigenvalue weighted by Gasteiger charge is 2.28. The second-order valence-electron chi connectivity index (χ2n) is 3.13. The van der Waals surface area contributed by atoms with Crippen LogP contribution in [0.25, 0.3) is 0 Å². The molecule has 1 aromatic rings. The minimum absolute atomic E-state index is 0.192. The molecule has 0 aliphatic rings. The molecule has 1 N–H and O–H groups in total. The van der Waals surface area contributed by atoms with Crippen LogP contribution in [0.3, 0.4) is 0 Å². The number of nitrogens with zero attached hydrogens (tertiary/aromatic N) is 1. The van der Waals surface area contributed by atoms with E-state index >= 15 is 0 Å². The topological polar surface area (TPSA) is 51.6 Å². The molecule has 0 aromatic carbocycles. The molecule has 4 nitrogen and oxygen atoms in total. The van der Waals surface area contributed by atoms with Gasteiger partial charge in [-0.25, -0.2) is 4.98 Å². The molecule has 1 heterocycles. The predicted molar refractivity (Wildman–Crippen MR) is 52.9 cm³/mol. The van der Waals surface area contributed by atoms with Crippen LogP contribution in [-0.4, -0.2) is 29.5 Å². The van der Waals surface area contributed by atoms with Gasteiger partial charge in [0.15, 0.2) is 6.61 Å². The first-order chi connectivity index (χ1) is 7.96. The van der Waals surface area contributed by atoms with Crippen molar-refractivity contribution in [3.8, 4) is 11.6 Å². The summed E-state index contributed by atoms with van der Waals surface area (Å²) in [7, 11) is 0. The van der Waals surface area contributed by atoms with Crippen molar-refractivity contribution >= 4 is 0 Å². The molecule has 0 bridgehead atoms. The van der Waals surface area contributed by atoms with Crippen molar-refractivity contribution in [3.63, 3.8) is 0 Å². The number of hydrogen-bond acceptors (Lipinski definition) is 4. The molecule has 0 aliphatic heterocycles. The van der Waals surface area contributed by atoms with Crippen molar-refractivity contribution in [2.75, 3.05) is 13.2 Å². The van der Waals surface area contributed by atoms with Crippen LogP contribution in [0.5, 0.6) is 11.6 Å². The van der Waals surface area contributed by atoms with Gasteiger partial charge in [-0.1, -0.05) is 0 Å². The molecule has 0 atom stereocenters. The zero-order valence-electron chi connectivity index (χ0n) is 9.12. The monoisotopic (exact) mass is 251 g/mol. The normalized spacial score (nSPS) is 11.4. The van der Waals surface area contributed by atoms with Crippen molar-refractivity contribution in [2.45, 2.75) is 19.7 Å². The van der Waals surface area contributed by atoms with Crippen LogP contribution < -0.4 is 9.47 Å². The fraction of sp³-hybridized carbons (Fsp3) is 0.500. The van der Waals surface area contributed by atoms with Crippen LogP contribution in [0, 0.1) is 0 Å². The summed E-state index contributed by atoms with van der Waals surface area (Å²) < 4.78 is 45.3. The third-order valence-corrected chi connectivity index (χ3v) is 1.77. The number of halogens is 3. The van der Waals surface area contributed by atoms with E-state index in [4.69, 9.17) is 9.84 Å². The van der Waals surface area contributed by atoms with E-state index in [1.807, 2.05) is 0 Å². The number of rotatable bonds is 5. The Morgan fingerprint density at radius 3 is 2.59 bits per heavy atom. The number of aliphatic hydroxyl groups is 1. The first kappa shape index (κ1) is 13.6. The van der Waals surface area contributed by atoms with E-state index in [0.717, 1.165) is 0 Å². The lowest BCUT2D eigenvalue weighted by Crippen LogP contribution is -2.19. The first-order valence-corrected chi connectivity index (χ1v) is 4.88. The van der Waals surface area contributed by atoms with Crippen molar-refractivity contribution in [2.24, 2.45) is 0 Å². The highest BCUT2D eigenvalue weighted by atomic mass is 19.4. The maximum absolute atomic E-state index is 11.9. The fourth-order valence-corrected chi connectivity index (χ4v) is 1.09. The van der Waals surface area contributed by atoms with Crippen LogP contribution in [0.4, 0.5) is 13.2 Å². The Hall–Kier alpha value is -1.50. The Balaban J connectivity index is 2.77. The maximum Gasteiger partial charge on any atom is 0.422 e. The van der Waals surface area contributed by atoms with Crippen molar-refractivity contribution in [1.29, 1.82) is 0 Å². The van der Waals surface area contributed by atoms with Crippen LogP contribution in [0.15, 0.2) is 12.3 Å². The van der Waals surface area contributed by atoms with Gasteiger partial charge in [0.25, 0.3) is 0 Å². The lowest BCUT2D eigenvalue weighted by atomic mass is 10.3. The van der Waals surface area contributed by atoms with Gasteiger partial charge in [0.05, 0.1) is 13.2 Å². The number of ether oxygens (including phenoxy) is 2. The Morgan fingerprint density at radius 1 is 1.35 bits per heavy atom. The smallest absolute Gasteiger partial charge is 0.422 e. The predicted octanol–water partition coefficient (Wildman–Crippen LogP) is 1.91. The zero-order valence-corrected chi connectivity index (χ0v) is 9.12. The first-order valence-electron chi connectivity index (χ1n) is 4.88.